The minimum Gasteiger partial charge on any atom is -0.480 e. The molecule has 2 amide bonds. The number of carbonyl (C=O) groups excluding carboxylic acids is 2. The zero-order chi connectivity index (χ0) is 19.9. The fourth-order valence-corrected chi connectivity index (χ4v) is 3.94. The summed E-state index contributed by atoms with van der Waals surface area (Å²) >= 11 is 0.926. The number of amides is 2. The predicted molar refractivity (Wildman–Crippen MR) is 89.6 cm³/mol. The Hall–Kier alpha value is -2.07. The van der Waals surface area contributed by atoms with Crippen molar-refractivity contribution in [3.05, 3.63) is 29.8 Å². The molecule has 1 heterocycles. The number of carboxylic acids is 1. The molecule has 0 saturated carbocycles. The normalized spacial score (nSPS) is 19.8. The van der Waals surface area contributed by atoms with Gasteiger partial charge >= 0.3 is 12.1 Å². The second kappa shape index (κ2) is 6.92. The van der Waals surface area contributed by atoms with E-state index in [0.717, 1.165) is 30.0 Å². The molecular formula is C16H17F3N2O4S. The summed E-state index contributed by atoms with van der Waals surface area (Å²) in [7, 11) is 0. The van der Waals surface area contributed by atoms with Crippen molar-refractivity contribution in [3.8, 4) is 0 Å². The van der Waals surface area contributed by atoms with E-state index < -0.39 is 45.6 Å². The lowest BCUT2D eigenvalue weighted by Crippen LogP contribution is -2.48. The molecule has 1 aromatic rings. The third-order valence-corrected chi connectivity index (χ3v) is 5.51. The molecule has 1 saturated heterocycles. The molecule has 2 rings (SSSR count). The fourth-order valence-electron chi connectivity index (χ4n) is 2.53. The summed E-state index contributed by atoms with van der Waals surface area (Å²) in [4.78, 5) is 36.6. The number of hydrogen-bond donors (Lipinski definition) is 2. The number of halogens is 3. The molecule has 0 aromatic heterocycles. The van der Waals surface area contributed by atoms with Gasteiger partial charge in [-0.3, -0.25) is 14.4 Å². The number of carbonyl (C=O) groups is 3. The van der Waals surface area contributed by atoms with E-state index in [1.807, 2.05) is 0 Å². The Kier molecular flexibility index (Phi) is 5.39. The summed E-state index contributed by atoms with van der Waals surface area (Å²) in [6.45, 7) is 3.06. The Balaban J connectivity index is 2.26. The third-order valence-electron chi connectivity index (χ3n) is 4.00. The van der Waals surface area contributed by atoms with E-state index in [2.05, 4.69) is 0 Å². The molecule has 6 nitrogen and oxygen atoms in total. The predicted octanol–water partition coefficient (Wildman–Crippen LogP) is 2.26. The van der Waals surface area contributed by atoms with Crippen LogP contribution in [0.2, 0.25) is 0 Å². The first kappa shape index (κ1) is 20.2. The summed E-state index contributed by atoms with van der Waals surface area (Å²) in [5.41, 5.74) is 4.47. The van der Waals surface area contributed by atoms with Crippen LogP contribution in [0.5, 0.6) is 0 Å². The standard InChI is InChI=1S/C16H17F3N2O4S/c1-15(2,12(20)14(24)25)26-10-7-11(22)21(13(10)23)9-5-3-4-8(6-9)16(17,18)19/h3-6,10,12H,7,20H2,1-2H3,(H,24,25)/t10-,12+/m0/s1. The molecule has 0 aliphatic carbocycles. The third kappa shape index (κ3) is 4.01. The molecule has 1 fully saturated rings. The average Bonchev–Trinajstić information content (AvgIpc) is 2.79. The Morgan fingerprint density at radius 3 is 2.50 bits per heavy atom. The Morgan fingerprint density at radius 2 is 1.96 bits per heavy atom. The maximum absolute atomic E-state index is 12.9. The molecule has 1 aromatic carbocycles. The maximum atomic E-state index is 12.9. The van der Waals surface area contributed by atoms with Crippen molar-refractivity contribution in [2.45, 2.75) is 42.5 Å². The van der Waals surface area contributed by atoms with Gasteiger partial charge in [0.25, 0.3) is 0 Å². The number of nitrogens with two attached hydrogens (primary N) is 1. The van der Waals surface area contributed by atoms with Crippen LogP contribution in [0.4, 0.5) is 18.9 Å². The lowest BCUT2D eigenvalue weighted by molar-refractivity contribution is -0.139. The van der Waals surface area contributed by atoms with Crippen LogP contribution in [0.25, 0.3) is 0 Å². The van der Waals surface area contributed by atoms with Crippen molar-refractivity contribution < 1.29 is 32.7 Å². The van der Waals surface area contributed by atoms with Gasteiger partial charge in [0.2, 0.25) is 11.8 Å². The van der Waals surface area contributed by atoms with Gasteiger partial charge in [-0.1, -0.05) is 6.07 Å². The number of rotatable bonds is 5. The molecule has 0 unspecified atom stereocenters. The molecule has 3 N–H and O–H groups in total. The van der Waals surface area contributed by atoms with Crippen LogP contribution in [0.1, 0.15) is 25.8 Å². The van der Waals surface area contributed by atoms with E-state index >= 15 is 0 Å². The lowest BCUT2D eigenvalue weighted by Gasteiger charge is -2.30. The monoisotopic (exact) mass is 390 g/mol. The average molecular weight is 390 g/mol. The number of anilines is 1. The Labute approximate surface area is 151 Å². The summed E-state index contributed by atoms with van der Waals surface area (Å²) in [5, 5.41) is 8.12. The van der Waals surface area contributed by atoms with Crippen molar-refractivity contribution in [1.82, 2.24) is 0 Å². The van der Waals surface area contributed by atoms with Crippen LogP contribution in [0.15, 0.2) is 24.3 Å². The number of carboxylic acid groups (broad SMARTS) is 1. The number of aliphatic carboxylic acids is 1. The molecule has 0 bridgehead atoms. The number of imide groups is 1. The van der Waals surface area contributed by atoms with Crippen molar-refractivity contribution >= 4 is 35.2 Å². The highest BCUT2D eigenvalue weighted by molar-refractivity contribution is 8.02. The highest BCUT2D eigenvalue weighted by Gasteiger charge is 2.45. The van der Waals surface area contributed by atoms with E-state index in [1.54, 1.807) is 0 Å². The van der Waals surface area contributed by atoms with Gasteiger partial charge in [0, 0.05) is 11.2 Å². The molecule has 1 aliphatic rings. The highest BCUT2D eigenvalue weighted by Crippen LogP contribution is 2.39. The number of hydrogen-bond acceptors (Lipinski definition) is 5. The summed E-state index contributed by atoms with van der Waals surface area (Å²) in [6, 6.07) is 2.65. The molecule has 0 radical (unpaired) electrons. The van der Waals surface area contributed by atoms with Crippen LogP contribution in [0, 0.1) is 0 Å². The van der Waals surface area contributed by atoms with E-state index in [4.69, 9.17) is 10.8 Å². The van der Waals surface area contributed by atoms with Crippen LogP contribution in [-0.4, -0.2) is 38.9 Å². The van der Waals surface area contributed by atoms with Crippen LogP contribution in [-0.2, 0) is 20.6 Å². The number of benzene rings is 1. The van der Waals surface area contributed by atoms with Gasteiger partial charge in [0.05, 0.1) is 16.5 Å². The van der Waals surface area contributed by atoms with E-state index in [-0.39, 0.29) is 12.1 Å². The second-order valence-electron chi connectivity index (χ2n) is 6.35. The summed E-state index contributed by atoms with van der Waals surface area (Å²) < 4.78 is 37.5. The number of nitrogens with zero attached hydrogens (tertiary/aromatic N) is 1. The Bertz CT molecular complexity index is 751. The first-order valence-corrected chi connectivity index (χ1v) is 8.43. The van der Waals surface area contributed by atoms with E-state index in [9.17, 15) is 27.6 Å². The topological polar surface area (TPSA) is 101 Å². The van der Waals surface area contributed by atoms with Gasteiger partial charge < -0.3 is 10.8 Å². The number of thioether (sulfide) groups is 1. The lowest BCUT2D eigenvalue weighted by atomic mass is 10.1. The molecule has 2 atom stereocenters. The molecular weight excluding hydrogens is 373 g/mol. The van der Waals surface area contributed by atoms with Crippen LogP contribution < -0.4 is 10.6 Å². The van der Waals surface area contributed by atoms with E-state index in [0.29, 0.717) is 4.90 Å². The zero-order valence-electron chi connectivity index (χ0n) is 13.9. The molecule has 10 heteroatoms. The molecule has 1 aliphatic heterocycles. The maximum Gasteiger partial charge on any atom is 0.416 e. The fraction of sp³-hybridized carbons (Fsp3) is 0.438. The Morgan fingerprint density at radius 1 is 1.35 bits per heavy atom. The highest BCUT2D eigenvalue weighted by atomic mass is 32.2. The molecule has 142 valence electrons. The van der Waals surface area contributed by atoms with Gasteiger partial charge in [0.1, 0.15) is 6.04 Å². The van der Waals surface area contributed by atoms with Crippen molar-refractivity contribution in [2.75, 3.05) is 4.90 Å². The van der Waals surface area contributed by atoms with Gasteiger partial charge in [0.15, 0.2) is 0 Å². The quantitative estimate of drug-likeness (QED) is 0.748. The van der Waals surface area contributed by atoms with Gasteiger partial charge in [-0.15, -0.1) is 11.8 Å². The minimum absolute atomic E-state index is 0.168. The minimum atomic E-state index is -4.60. The van der Waals surface area contributed by atoms with Crippen molar-refractivity contribution in [1.29, 1.82) is 0 Å². The second-order valence-corrected chi connectivity index (χ2v) is 8.20. The first-order chi connectivity index (χ1) is 11.8. The van der Waals surface area contributed by atoms with Crippen molar-refractivity contribution in [2.24, 2.45) is 5.73 Å². The van der Waals surface area contributed by atoms with Crippen molar-refractivity contribution in [3.63, 3.8) is 0 Å². The SMILES string of the molecule is CC(C)(S[C@H]1CC(=O)N(c2cccc(C(F)(F)F)c2)C1=O)[C@H](N)C(=O)O. The van der Waals surface area contributed by atoms with Gasteiger partial charge in [-0.05, 0) is 32.0 Å². The summed E-state index contributed by atoms with van der Waals surface area (Å²) in [6.07, 6.45) is -4.85. The van der Waals surface area contributed by atoms with E-state index in [1.165, 1.54) is 19.9 Å². The van der Waals surface area contributed by atoms with Gasteiger partial charge in [-0.2, -0.15) is 13.2 Å². The molecule has 0 spiro atoms. The largest absolute Gasteiger partial charge is 0.480 e. The first-order valence-electron chi connectivity index (χ1n) is 7.55. The van der Waals surface area contributed by atoms with Crippen LogP contribution >= 0.6 is 11.8 Å². The van der Waals surface area contributed by atoms with Gasteiger partial charge in [-0.25, -0.2) is 4.90 Å². The smallest absolute Gasteiger partial charge is 0.416 e. The molecule has 26 heavy (non-hydrogen) atoms. The summed E-state index contributed by atoms with van der Waals surface area (Å²) in [5.74, 6) is -2.59. The zero-order valence-corrected chi connectivity index (χ0v) is 14.7. The van der Waals surface area contributed by atoms with Crippen LogP contribution in [0.3, 0.4) is 0 Å². The number of alkyl halides is 3.